The molecule has 1 saturated carbocycles. The summed E-state index contributed by atoms with van der Waals surface area (Å²) in [6.45, 7) is 7.02. The third-order valence-electron chi connectivity index (χ3n) is 6.81. The maximum absolute atomic E-state index is 12.9. The van der Waals surface area contributed by atoms with Crippen LogP contribution in [0.25, 0.3) is 0 Å². The molecule has 3 N–H and O–H groups in total. The molecule has 2 fully saturated rings. The van der Waals surface area contributed by atoms with Gasteiger partial charge in [-0.25, -0.2) is 0 Å². The number of nitrogens with one attached hydrogen (secondary N) is 1. The van der Waals surface area contributed by atoms with E-state index in [9.17, 15) is 14.4 Å². The summed E-state index contributed by atoms with van der Waals surface area (Å²) in [7, 11) is 0. The van der Waals surface area contributed by atoms with Gasteiger partial charge in [-0.1, -0.05) is 44.2 Å². The predicted molar refractivity (Wildman–Crippen MR) is 124 cm³/mol. The van der Waals surface area contributed by atoms with Gasteiger partial charge >= 0.3 is 0 Å². The molecule has 1 aromatic rings. The van der Waals surface area contributed by atoms with Crippen LogP contribution in [0.4, 0.5) is 0 Å². The van der Waals surface area contributed by atoms with Crippen LogP contribution in [0.3, 0.4) is 0 Å². The molecule has 7 nitrogen and oxygen atoms in total. The zero-order valence-electron chi connectivity index (χ0n) is 19.5. The van der Waals surface area contributed by atoms with E-state index >= 15 is 0 Å². The molecule has 1 aromatic carbocycles. The average molecular weight is 443 g/mol. The van der Waals surface area contributed by atoms with E-state index < -0.39 is 0 Å². The smallest absolute Gasteiger partial charge is 0.225 e. The second kappa shape index (κ2) is 11.5. The van der Waals surface area contributed by atoms with Crippen molar-refractivity contribution in [3.63, 3.8) is 0 Å². The Labute approximate surface area is 191 Å². The first-order valence-corrected chi connectivity index (χ1v) is 12.0. The predicted octanol–water partition coefficient (Wildman–Crippen LogP) is 2.33. The van der Waals surface area contributed by atoms with Crippen LogP contribution in [0.1, 0.15) is 57.6 Å². The number of nitrogens with zero attached hydrogens (tertiary/aromatic N) is 2. The molecule has 1 atom stereocenters. The van der Waals surface area contributed by atoms with E-state index in [-0.39, 0.29) is 42.0 Å². The van der Waals surface area contributed by atoms with Gasteiger partial charge in [0.2, 0.25) is 17.7 Å². The summed E-state index contributed by atoms with van der Waals surface area (Å²) >= 11 is 0. The van der Waals surface area contributed by atoms with Gasteiger partial charge in [-0.05, 0) is 37.2 Å². The van der Waals surface area contributed by atoms with E-state index in [1.165, 1.54) is 0 Å². The monoisotopic (exact) mass is 442 g/mol. The van der Waals surface area contributed by atoms with Crippen LogP contribution in [-0.2, 0) is 14.4 Å². The van der Waals surface area contributed by atoms with Crippen molar-refractivity contribution >= 4 is 17.7 Å². The first-order chi connectivity index (χ1) is 15.3. The highest BCUT2D eigenvalue weighted by Crippen LogP contribution is 2.30. The second-order valence-electron chi connectivity index (χ2n) is 9.55. The fraction of sp³-hybridized carbons (Fsp3) is 0.640. The highest BCUT2D eigenvalue weighted by Gasteiger charge is 2.32. The number of carbonyl (C=O) groups is 3. The molecule has 0 bridgehead atoms. The van der Waals surface area contributed by atoms with Gasteiger partial charge in [0.15, 0.2) is 0 Å². The standard InChI is InChI=1S/C25H38N4O3/c1-18(2)24(31)28-12-14-29(15-13-28)25(32)21-10-8-19(9-11-21)17-27-23(30)16-22(26)20-6-4-3-5-7-20/h3-7,18-19,21-22H,8-17,26H2,1-2H3,(H,27,30)/t19-,21-,22?. The summed E-state index contributed by atoms with van der Waals surface area (Å²) in [5.74, 6) is 0.870. The van der Waals surface area contributed by atoms with E-state index in [4.69, 9.17) is 5.73 Å². The van der Waals surface area contributed by atoms with Gasteiger partial charge in [0.05, 0.1) is 0 Å². The molecule has 0 spiro atoms. The van der Waals surface area contributed by atoms with Crippen LogP contribution in [0, 0.1) is 17.8 Å². The van der Waals surface area contributed by atoms with Gasteiger partial charge in [-0.15, -0.1) is 0 Å². The van der Waals surface area contributed by atoms with Gasteiger partial charge in [0, 0.05) is 57.0 Å². The number of piperazine rings is 1. The van der Waals surface area contributed by atoms with Gasteiger partial charge in [-0.2, -0.15) is 0 Å². The summed E-state index contributed by atoms with van der Waals surface area (Å²) in [5.41, 5.74) is 7.11. The van der Waals surface area contributed by atoms with Crippen molar-refractivity contribution in [1.29, 1.82) is 0 Å². The topological polar surface area (TPSA) is 95.7 Å². The Bertz CT molecular complexity index is 767. The number of benzene rings is 1. The van der Waals surface area contributed by atoms with E-state index in [1.54, 1.807) is 0 Å². The summed E-state index contributed by atoms with van der Waals surface area (Å²) in [5, 5.41) is 3.03. The Hall–Kier alpha value is -2.41. The van der Waals surface area contributed by atoms with Crippen LogP contribution >= 0.6 is 0 Å². The summed E-state index contributed by atoms with van der Waals surface area (Å²) in [6, 6.07) is 9.39. The third kappa shape index (κ3) is 6.55. The Balaban J connectivity index is 1.35. The van der Waals surface area contributed by atoms with E-state index in [0.29, 0.717) is 38.6 Å². The second-order valence-corrected chi connectivity index (χ2v) is 9.55. The van der Waals surface area contributed by atoms with Gasteiger partial charge in [0.25, 0.3) is 0 Å². The first-order valence-electron chi connectivity index (χ1n) is 12.0. The average Bonchev–Trinajstić information content (AvgIpc) is 2.82. The van der Waals surface area contributed by atoms with E-state index in [0.717, 1.165) is 31.2 Å². The Morgan fingerprint density at radius 2 is 1.56 bits per heavy atom. The molecule has 1 aliphatic heterocycles. The summed E-state index contributed by atoms with van der Waals surface area (Å²) in [6.07, 6.45) is 3.92. The molecule has 1 heterocycles. The molecule has 1 unspecified atom stereocenters. The van der Waals surface area contributed by atoms with Crippen molar-refractivity contribution < 1.29 is 14.4 Å². The molecule has 3 amide bonds. The number of amides is 3. The van der Waals surface area contributed by atoms with E-state index in [1.807, 2.05) is 54.0 Å². The quantitative estimate of drug-likeness (QED) is 0.677. The molecule has 32 heavy (non-hydrogen) atoms. The molecule has 7 heteroatoms. The minimum Gasteiger partial charge on any atom is -0.356 e. The highest BCUT2D eigenvalue weighted by molar-refractivity contribution is 5.81. The Morgan fingerprint density at radius 3 is 2.16 bits per heavy atom. The fourth-order valence-corrected chi connectivity index (χ4v) is 4.73. The zero-order valence-corrected chi connectivity index (χ0v) is 19.5. The summed E-state index contributed by atoms with van der Waals surface area (Å²) < 4.78 is 0. The normalized spacial score (nSPS) is 22.5. The van der Waals surface area contributed by atoms with Crippen LogP contribution in [0.15, 0.2) is 30.3 Å². The number of rotatable bonds is 7. The lowest BCUT2D eigenvalue weighted by atomic mass is 9.81. The lowest BCUT2D eigenvalue weighted by Gasteiger charge is -2.38. The van der Waals surface area contributed by atoms with Gasteiger partial charge in [0.1, 0.15) is 0 Å². The molecular formula is C25H38N4O3. The first kappa shape index (κ1) is 24.2. The van der Waals surface area contributed by atoms with Crippen molar-refractivity contribution in [1.82, 2.24) is 15.1 Å². The van der Waals surface area contributed by atoms with Gasteiger partial charge in [-0.3, -0.25) is 14.4 Å². The lowest BCUT2D eigenvalue weighted by Crippen LogP contribution is -2.53. The molecule has 0 aromatic heterocycles. The maximum Gasteiger partial charge on any atom is 0.225 e. The van der Waals surface area contributed by atoms with Crippen molar-refractivity contribution in [2.45, 2.75) is 52.0 Å². The zero-order chi connectivity index (χ0) is 23.1. The fourth-order valence-electron chi connectivity index (χ4n) is 4.73. The highest BCUT2D eigenvalue weighted by atomic mass is 16.2. The molecular weight excluding hydrogens is 404 g/mol. The number of nitrogens with two attached hydrogens (primary N) is 1. The van der Waals surface area contributed by atoms with Crippen molar-refractivity contribution in [3.05, 3.63) is 35.9 Å². The maximum atomic E-state index is 12.9. The molecule has 1 aliphatic carbocycles. The lowest BCUT2D eigenvalue weighted by molar-refractivity contribution is -0.144. The van der Waals surface area contributed by atoms with Gasteiger partial charge < -0.3 is 20.9 Å². The third-order valence-corrected chi connectivity index (χ3v) is 6.81. The molecule has 1 saturated heterocycles. The minimum atomic E-state index is -0.291. The number of hydrogen-bond donors (Lipinski definition) is 2. The minimum absolute atomic E-state index is 0.00194. The van der Waals surface area contributed by atoms with Crippen LogP contribution in [-0.4, -0.2) is 60.2 Å². The van der Waals surface area contributed by atoms with Crippen molar-refractivity contribution in [2.75, 3.05) is 32.7 Å². The van der Waals surface area contributed by atoms with Crippen molar-refractivity contribution in [2.24, 2.45) is 23.5 Å². The van der Waals surface area contributed by atoms with Crippen molar-refractivity contribution in [3.8, 4) is 0 Å². The summed E-state index contributed by atoms with van der Waals surface area (Å²) in [4.78, 5) is 41.2. The number of hydrogen-bond acceptors (Lipinski definition) is 4. The SMILES string of the molecule is CC(C)C(=O)N1CCN(C(=O)[C@H]2CC[C@H](CNC(=O)CC(N)c3ccccc3)CC2)CC1. The molecule has 2 aliphatic rings. The van der Waals surface area contributed by atoms with Crippen LogP contribution < -0.4 is 11.1 Å². The molecule has 3 rings (SSSR count). The Kier molecular flexibility index (Phi) is 8.67. The number of carbonyl (C=O) groups excluding carboxylic acids is 3. The molecule has 176 valence electrons. The largest absolute Gasteiger partial charge is 0.356 e. The molecule has 0 radical (unpaired) electrons. The van der Waals surface area contributed by atoms with E-state index in [2.05, 4.69) is 5.32 Å². The Morgan fingerprint density at radius 1 is 0.969 bits per heavy atom. The van der Waals surface area contributed by atoms with Crippen LogP contribution in [0.5, 0.6) is 0 Å². The van der Waals surface area contributed by atoms with Crippen LogP contribution in [0.2, 0.25) is 0 Å².